The maximum atomic E-state index is 12.0. The maximum absolute atomic E-state index is 12.0. The summed E-state index contributed by atoms with van der Waals surface area (Å²) in [7, 11) is 0. The van der Waals surface area contributed by atoms with Crippen molar-refractivity contribution in [2.24, 2.45) is 0 Å². The minimum atomic E-state index is -0.0686. The second-order valence-corrected chi connectivity index (χ2v) is 7.11. The molecule has 0 fully saturated rings. The van der Waals surface area contributed by atoms with Gasteiger partial charge in [0.25, 0.3) is 0 Å². The van der Waals surface area contributed by atoms with E-state index in [0.29, 0.717) is 19.4 Å². The summed E-state index contributed by atoms with van der Waals surface area (Å²) in [6.45, 7) is 3.80. The number of nitrogens with zero attached hydrogens (tertiary/aromatic N) is 2. The summed E-state index contributed by atoms with van der Waals surface area (Å²) in [5.41, 5.74) is 2.24. The Bertz CT molecular complexity index is 608. The predicted molar refractivity (Wildman–Crippen MR) is 80.9 cm³/mol. The van der Waals surface area contributed by atoms with Crippen LogP contribution in [0, 0.1) is 13.8 Å². The van der Waals surface area contributed by atoms with Crippen molar-refractivity contribution in [1.82, 2.24) is 9.97 Å². The number of thioether (sulfide) groups is 1. The molecule has 0 aliphatic rings. The smallest absolute Gasteiger partial charge is 0.188 e. The number of thiophene rings is 1. The first kappa shape index (κ1) is 14.8. The second-order valence-electron chi connectivity index (χ2n) is 3.88. The highest BCUT2D eigenvalue weighted by atomic mass is 35.5. The lowest BCUT2D eigenvalue weighted by Crippen LogP contribution is -2.03. The summed E-state index contributed by atoms with van der Waals surface area (Å²) in [6, 6.07) is 3.49. The first-order chi connectivity index (χ1) is 8.95. The zero-order chi connectivity index (χ0) is 14.0. The van der Waals surface area contributed by atoms with Crippen LogP contribution >= 0.6 is 46.3 Å². The van der Waals surface area contributed by atoms with E-state index in [2.05, 4.69) is 9.97 Å². The van der Waals surface area contributed by atoms with Crippen molar-refractivity contribution in [3.8, 4) is 0 Å². The average molecular weight is 333 g/mol. The van der Waals surface area contributed by atoms with Gasteiger partial charge in [-0.2, -0.15) is 0 Å². The van der Waals surface area contributed by atoms with Gasteiger partial charge in [0.15, 0.2) is 10.9 Å². The van der Waals surface area contributed by atoms with Gasteiger partial charge in [0, 0.05) is 17.0 Å². The van der Waals surface area contributed by atoms with E-state index in [1.165, 1.54) is 23.1 Å². The number of carbonyl (C=O) groups is 1. The lowest BCUT2D eigenvalue weighted by atomic mass is 10.2. The third-order valence-corrected chi connectivity index (χ3v) is 4.59. The van der Waals surface area contributed by atoms with Crippen molar-refractivity contribution >= 4 is 52.1 Å². The van der Waals surface area contributed by atoms with E-state index in [9.17, 15) is 4.79 Å². The van der Waals surface area contributed by atoms with Crippen molar-refractivity contribution in [2.75, 3.05) is 5.75 Å². The molecule has 0 aromatic carbocycles. The van der Waals surface area contributed by atoms with Gasteiger partial charge in [-0.05, 0) is 26.0 Å². The number of carbonyl (C=O) groups excluding carboxylic acids is 1. The van der Waals surface area contributed by atoms with Gasteiger partial charge in [-0.3, -0.25) is 4.79 Å². The summed E-state index contributed by atoms with van der Waals surface area (Å²) in [5.74, 6) is 0.177. The highest BCUT2D eigenvalue weighted by molar-refractivity contribution is 7.99. The third kappa shape index (κ3) is 3.92. The van der Waals surface area contributed by atoms with Crippen LogP contribution in [0.4, 0.5) is 0 Å². The summed E-state index contributed by atoms with van der Waals surface area (Å²) in [6.07, 6.45) is 0. The van der Waals surface area contributed by atoms with Gasteiger partial charge in [-0.15, -0.1) is 11.3 Å². The molecule has 2 aromatic rings. The molecule has 0 aliphatic heterocycles. The minimum absolute atomic E-state index is 0.0686. The molecule has 100 valence electrons. The molecule has 0 aliphatic carbocycles. The van der Waals surface area contributed by atoms with Gasteiger partial charge in [0.2, 0.25) is 0 Å². The highest BCUT2D eigenvalue weighted by Gasteiger charge is 2.15. The molecule has 0 saturated heterocycles. The highest BCUT2D eigenvalue weighted by Crippen LogP contribution is 2.32. The Morgan fingerprint density at radius 1 is 1.26 bits per heavy atom. The van der Waals surface area contributed by atoms with Gasteiger partial charge >= 0.3 is 0 Å². The quantitative estimate of drug-likeness (QED) is 0.471. The molecule has 19 heavy (non-hydrogen) atoms. The lowest BCUT2D eigenvalue weighted by molar-refractivity contribution is 0.102. The first-order valence-electron chi connectivity index (χ1n) is 5.39. The van der Waals surface area contributed by atoms with Crippen LogP contribution in [-0.2, 0) is 0 Å². The average Bonchev–Trinajstić information content (AvgIpc) is 2.64. The van der Waals surface area contributed by atoms with Crippen LogP contribution < -0.4 is 0 Å². The van der Waals surface area contributed by atoms with Gasteiger partial charge in [-0.1, -0.05) is 35.0 Å². The van der Waals surface area contributed by atoms with Crippen molar-refractivity contribution in [3.63, 3.8) is 0 Å². The molecule has 2 heterocycles. The monoisotopic (exact) mass is 332 g/mol. The fraction of sp³-hybridized carbons (Fsp3) is 0.250. The zero-order valence-electron chi connectivity index (χ0n) is 10.2. The van der Waals surface area contributed by atoms with E-state index < -0.39 is 0 Å². The molecule has 3 nitrogen and oxygen atoms in total. The number of rotatable bonds is 4. The Hall–Kier alpha value is -0.620. The van der Waals surface area contributed by atoms with Crippen LogP contribution in [0.5, 0.6) is 0 Å². The summed E-state index contributed by atoms with van der Waals surface area (Å²) in [5, 5.41) is 0.600. The van der Waals surface area contributed by atoms with Crippen molar-refractivity contribution < 1.29 is 4.79 Å². The third-order valence-electron chi connectivity index (χ3n) is 2.25. The molecule has 0 atom stereocenters. The lowest BCUT2D eigenvalue weighted by Gasteiger charge is -2.02. The van der Waals surface area contributed by atoms with Crippen molar-refractivity contribution in [1.29, 1.82) is 0 Å². The number of halogens is 2. The molecule has 0 bridgehead atoms. The van der Waals surface area contributed by atoms with Crippen LogP contribution in [-0.4, -0.2) is 21.5 Å². The standard InChI is InChI=1S/C12H10Cl2N2OS2/c1-6-3-7(2)16-12(15-6)18-5-9(17)8-4-10(13)19-11(8)14/h3-4H,5H2,1-2H3. The molecule has 0 saturated carbocycles. The Balaban J connectivity index is 2.06. The Labute approximate surface area is 129 Å². The van der Waals surface area contributed by atoms with E-state index in [-0.39, 0.29) is 11.5 Å². The van der Waals surface area contributed by atoms with E-state index in [4.69, 9.17) is 23.2 Å². The van der Waals surface area contributed by atoms with Crippen LogP contribution in [0.2, 0.25) is 8.67 Å². The molecule has 0 radical (unpaired) electrons. The maximum Gasteiger partial charge on any atom is 0.188 e. The Kier molecular flexibility index (Phi) is 4.84. The minimum Gasteiger partial charge on any atom is -0.293 e. The van der Waals surface area contributed by atoms with Crippen LogP contribution in [0.15, 0.2) is 17.3 Å². The number of aromatic nitrogens is 2. The van der Waals surface area contributed by atoms with Crippen LogP contribution in [0.3, 0.4) is 0 Å². The van der Waals surface area contributed by atoms with E-state index in [1.54, 1.807) is 6.07 Å². The number of ketones is 1. The molecule has 0 spiro atoms. The molecule has 7 heteroatoms. The van der Waals surface area contributed by atoms with Crippen molar-refractivity contribution in [2.45, 2.75) is 19.0 Å². The number of hydrogen-bond acceptors (Lipinski definition) is 5. The zero-order valence-corrected chi connectivity index (χ0v) is 13.4. The fourth-order valence-corrected chi connectivity index (χ4v) is 3.83. The van der Waals surface area contributed by atoms with E-state index in [0.717, 1.165) is 11.4 Å². The topological polar surface area (TPSA) is 42.9 Å². The largest absolute Gasteiger partial charge is 0.293 e. The molecule has 0 N–H and O–H groups in total. The second kappa shape index (κ2) is 6.22. The SMILES string of the molecule is Cc1cc(C)nc(SCC(=O)c2cc(Cl)sc2Cl)n1. The Morgan fingerprint density at radius 2 is 1.89 bits per heavy atom. The molecule has 0 amide bonds. The molecule has 2 rings (SSSR count). The van der Waals surface area contributed by atoms with Gasteiger partial charge in [-0.25, -0.2) is 9.97 Å². The first-order valence-corrected chi connectivity index (χ1v) is 7.94. The fourth-order valence-electron chi connectivity index (χ4n) is 1.50. The molecular weight excluding hydrogens is 323 g/mol. The summed E-state index contributed by atoms with van der Waals surface area (Å²) in [4.78, 5) is 20.6. The predicted octanol–water partition coefficient (Wildman–Crippen LogP) is 4.44. The number of hydrogen-bond donors (Lipinski definition) is 0. The summed E-state index contributed by atoms with van der Waals surface area (Å²) >= 11 is 14.3. The molecule has 0 unspecified atom stereocenters. The molecule has 2 aromatic heterocycles. The van der Waals surface area contributed by atoms with Crippen LogP contribution in [0.25, 0.3) is 0 Å². The summed E-state index contributed by atoms with van der Waals surface area (Å²) < 4.78 is 0.943. The van der Waals surface area contributed by atoms with E-state index in [1.807, 2.05) is 19.9 Å². The van der Waals surface area contributed by atoms with E-state index >= 15 is 0 Å². The number of aryl methyl sites for hydroxylation is 2. The van der Waals surface area contributed by atoms with Gasteiger partial charge < -0.3 is 0 Å². The molecular formula is C12H10Cl2N2OS2. The van der Waals surface area contributed by atoms with Gasteiger partial charge in [0.05, 0.1) is 10.1 Å². The Morgan fingerprint density at radius 3 is 2.42 bits per heavy atom. The van der Waals surface area contributed by atoms with Crippen LogP contribution in [0.1, 0.15) is 21.7 Å². The number of Topliss-reactive ketones (excluding diaryl/α,β-unsaturated/α-hetero) is 1. The normalized spacial score (nSPS) is 10.7. The van der Waals surface area contributed by atoms with Crippen molar-refractivity contribution in [3.05, 3.63) is 37.8 Å². The van der Waals surface area contributed by atoms with Gasteiger partial charge in [0.1, 0.15) is 4.34 Å².